The van der Waals surface area contributed by atoms with E-state index < -0.39 is 0 Å². The molecule has 0 N–H and O–H groups in total. The van der Waals surface area contributed by atoms with Crippen molar-refractivity contribution in [3.63, 3.8) is 0 Å². The van der Waals surface area contributed by atoms with E-state index in [2.05, 4.69) is 16.0 Å². The van der Waals surface area contributed by atoms with Crippen LogP contribution in [0.2, 0.25) is 0 Å². The van der Waals surface area contributed by atoms with E-state index in [4.69, 9.17) is 4.74 Å². The number of carbonyl (C=O) groups excluding carboxylic acids is 1. The van der Waals surface area contributed by atoms with Crippen LogP contribution in [0.25, 0.3) is 0 Å². The second-order valence-corrected chi connectivity index (χ2v) is 6.04. The molecule has 0 saturated carbocycles. The summed E-state index contributed by atoms with van der Waals surface area (Å²) < 4.78 is 5.15. The van der Waals surface area contributed by atoms with Crippen LogP contribution in [-0.2, 0) is 17.8 Å². The van der Waals surface area contributed by atoms with Crippen LogP contribution < -0.4 is 4.74 Å². The van der Waals surface area contributed by atoms with E-state index in [1.54, 1.807) is 13.3 Å². The van der Waals surface area contributed by atoms with E-state index in [0.717, 1.165) is 44.0 Å². The van der Waals surface area contributed by atoms with E-state index in [0.29, 0.717) is 6.42 Å². The maximum atomic E-state index is 12.5. The van der Waals surface area contributed by atoms with Crippen molar-refractivity contribution in [3.8, 4) is 5.75 Å². The number of hydrogen-bond donors (Lipinski definition) is 0. The van der Waals surface area contributed by atoms with Gasteiger partial charge in [0.15, 0.2) is 0 Å². The Morgan fingerprint density at radius 2 is 1.83 bits per heavy atom. The molecule has 5 heteroatoms. The normalized spacial score (nSPS) is 15.3. The van der Waals surface area contributed by atoms with Crippen molar-refractivity contribution in [3.05, 3.63) is 59.9 Å². The standard InChI is InChI=1S/C19H23N3O2/c1-24-18-6-4-16(5-7-18)13-19(23)22-11-9-21(10-12-22)15-17-3-2-8-20-14-17/h2-8,14H,9-13,15H2,1H3. The first-order chi connectivity index (χ1) is 11.7. The molecule has 1 aliphatic rings. The van der Waals surface area contributed by atoms with Gasteiger partial charge in [0, 0.05) is 45.1 Å². The first-order valence-electron chi connectivity index (χ1n) is 8.26. The zero-order valence-electron chi connectivity index (χ0n) is 14.0. The molecule has 2 aromatic rings. The second-order valence-electron chi connectivity index (χ2n) is 6.04. The predicted octanol–water partition coefficient (Wildman–Crippen LogP) is 1.98. The number of methoxy groups -OCH3 is 1. The average molecular weight is 325 g/mol. The summed E-state index contributed by atoms with van der Waals surface area (Å²) in [6.07, 6.45) is 4.15. The van der Waals surface area contributed by atoms with Crippen LogP contribution in [0.5, 0.6) is 5.75 Å². The third-order valence-electron chi connectivity index (χ3n) is 4.37. The van der Waals surface area contributed by atoms with Gasteiger partial charge in [-0.15, -0.1) is 0 Å². The van der Waals surface area contributed by atoms with E-state index in [-0.39, 0.29) is 5.91 Å². The van der Waals surface area contributed by atoms with Crippen LogP contribution in [0, 0.1) is 0 Å². The predicted molar refractivity (Wildman–Crippen MR) is 92.8 cm³/mol. The van der Waals surface area contributed by atoms with Gasteiger partial charge in [-0.3, -0.25) is 14.7 Å². The second kappa shape index (κ2) is 7.93. The maximum Gasteiger partial charge on any atom is 0.227 e. The van der Waals surface area contributed by atoms with Gasteiger partial charge in [0.25, 0.3) is 0 Å². The summed E-state index contributed by atoms with van der Waals surface area (Å²) in [7, 11) is 1.64. The van der Waals surface area contributed by atoms with Crippen molar-refractivity contribution >= 4 is 5.91 Å². The van der Waals surface area contributed by atoms with E-state index in [9.17, 15) is 4.79 Å². The minimum Gasteiger partial charge on any atom is -0.497 e. The fraction of sp³-hybridized carbons (Fsp3) is 0.368. The minimum absolute atomic E-state index is 0.196. The lowest BCUT2D eigenvalue weighted by atomic mass is 10.1. The maximum absolute atomic E-state index is 12.5. The fourth-order valence-electron chi connectivity index (χ4n) is 2.94. The molecule has 1 aromatic heterocycles. The Morgan fingerprint density at radius 3 is 2.46 bits per heavy atom. The highest BCUT2D eigenvalue weighted by molar-refractivity contribution is 5.78. The molecule has 0 unspecified atom stereocenters. The van der Waals surface area contributed by atoms with Crippen LogP contribution in [-0.4, -0.2) is 54.0 Å². The Bertz CT molecular complexity index is 650. The largest absolute Gasteiger partial charge is 0.497 e. The number of ether oxygens (including phenoxy) is 1. The monoisotopic (exact) mass is 325 g/mol. The Labute approximate surface area is 142 Å². The molecule has 1 saturated heterocycles. The zero-order chi connectivity index (χ0) is 16.8. The van der Waals surface area contributed by atoms with E-state index in [1.807, 2.05) is 41.4 Å². The number of pyridine rings is 1. The smallest absolute Gasteiger partial charge is 0.227 e. The van der Waals surface area contributed by atoms with Gasteiger partial charge in [0.05, 0.1) is 13.5 Å². The van der Waals surface area contributed by atoms with Crippen LogP contribution in [0.3, 0.4) is 0 Å². The molecule has 0 atom stereocenters. The lowest BCUT2D eigenvalue weighted by molar-refractivity contribution is -0.132. The molecule has 126 valence electrons. The average Bonchev–Trinajstić information content (AvgIpc) is 2.64. The van der Waals surface area contributed by atoms with Gasteiger partial charge in [-0.25, -0.2) is 0 Å². The number of piperazine rings is 1. The molecule has 3 rings (SSSR count). The number of rotatable bonds is 5. The summed E-state index contributed by atoms with van der Waals surface area (Å²) in [5.41, 5.74) is 2.24. The van der Waals surface area contributed by atoms with Gasteiger partial charge in [-0.05, 0) is 29.3 Å². The first-order valence-corrected chi connectivity index (χ1v) is 8.26. The van der Waals surface area contributed by atoms with Crippen LogP contribution in [0.1, 0.15) is 11.1 Å². The number of hydrogen-bond acceptors (Lipinski definition) is 4. The minimum atomic E-state index is 0.196. The van der Waals surface area contributed by atoms with Crippen LogP contribution >= 0.6 is 0 Å². The quantitative estimate of drug-likeness (QED) is 0.843. The Kier molecular flexibility index (Phi) is 5.43. The van der Waals surface area contributed by atoms with Gasteiger partial charge < -0.3 is 9.64 Å². The number of benzene rings is 1. The molecule has 24 heavy (non-hydrogen) atoms. The molecular weight excluding hydrogens is 302 g/mol. The van der Waals surface area contributed by atoms with Crippen LogP contribution in [0.4, 0.5) is 0 Å². The molecule has 0 spiro atoms. The first kappa shape index (κ1) is 16.5. The zero-order valence-corrected chi connectivity index (χ0v) is 14.0. The van der Waals surface area contributed by atoms with Gasteiger partial charge in [-0.1, -0.05) is 18.2 Å². The number of aromatic nitrogens is 1. The Balaban J connectivity index is 1.47. The molecule has 1 aliphatic heterocycles. The Hall–Kier alpha value is -2.40. The molecule has 0 radical (unpaired) electrons. The van der Waals surface area contributed by atoms with Gasteiger partial charge in [0.1, 0.15) is 5.75 Å². The van der Waals surface area contributed by atoms with E-state index >= 15 is 0 Å². The lowest BCUT2D eigenvalue weighted by Crippen LogP contribution is -2.48. The summed E-state index contributed by atoms with van der Waals surface area (Å²) in [5.74, 6) is 1.01. The summed E-state index contributed by atoms with van der Waals surface area (Å²) in [4.78, 5) is 20.9. The van der Waals surface area contributed by atoms with Crippen LogP contribution in [0.15, 0.2) is 48.8 Å². The van der Waals surface area contributed by atoms with E-state index in [1.165, 1.54) is 5.56 Å². The highest BCUT2D eigenvalue weighted by atomic mass is 16.5. The highest BCUT2D eigenvalue weighted by Gasteiger charge is 2.21. The molecule has 1 fully saturated rings. The SMILES string of the molecule is COc1ccc(CC(=O)N2CCN(Cc3cccnc3)CC2)cc1. The molecule has 0 aliphatic carbocycles. The Morgan fingerprint density at radius 1 is 1.08 bits per heavy atom. The van der Waals surface area contributed by atoms with Crippen molar-refractivity contribution in [1.29, 1.82) is 0 Å². The highest BCUT2D eigenvalue weighted by Crippen LogP contribution is 2.13. The summed E-state index contributed by atoms with van der Waals surface area (Å²) in [5, 5.41) is 0. The third kappa shape index (κ3) is 4.32. The van der Waals surface area contributed by atoms with Crippen molar-refractivity contribution in [2.24, 2.45) is 0 Å². The van der Waals surface area contributed by atoms with Crippen molar-refractivity contribution < 1.29 is 9.53 Å². The summed E-state index contributed by atoms with van der Waals surface area (Å²) in [6.45, 7) is 4.28. The van der Waals surface area contributed by atoms with Gasteiger partial charge in [0.2, 0.25) is 5.91 Å². The molecule has 0 bridgehead atoms. The molecule has 1 aromatic carbocycles. The molecule has 2 heterocycles. The summed E-state index contributed by atoms with van der Waals surface area (Å²) in [6, 6.07) is 11.8. The number of carbonyl (C=O) groups is 1. The third-order valence-corrected chi connectivity index (χ3v) is 4.37. The van der Waals surface area contributed by atoms with Gasteiger partial charge in [-0.2, -0.15) is 0 Å². The molecule has 1 amide bonds. The molecule has 5 nitrogen and oxygen atoms in total. The number of amides is 1. The van der Waals surface area contributed by atoms with Crippen molar-refractivity contribution in [2.45, 2.75) is 13.0 Å². The van der Waals surface area contributed by atoms with Crippen molar-refractivity contribution in [1.82, 2.24) is 14.8 Å². The van der Waals surface area contributed by atoms with Crippen molar-refractivity contribution in [2.75, 3.05) is 33.3 Å². The molecular formula is C19H23N3O2. The lowest BCUT2D eigenvalue weighted by Gasteiger charge is -2.34. The summed E-state index contributed by atoms with van der Waals surface area (Å²) >= 11 is 0. The number of nitrogens with zero attached hydrogens (tertiary/aromatic N) is 3. The topological polar surface area (TPSA) is 45.7 Å². The fourth-order valence-corrected chi connectivity index (χ4v) is 2.94. The van der Waals surface area contributed by atoms with Gasteiger partial charge >= 0.3 is 0 Å².